The Labute approximate surface area is 353 Å². The summed E-state index contributed by atoms with van der Waals surface area (Å²) >= 11 is 0. The summed E-state index contributed by atoms with van der Waals surface area (Å²) in [6.45, 7) is 0. The molecule has 0 bridgehead atoms. The van der Waals surface area contributed by atoms with Crippen molar-refractivity contribution < 1.29 is 4.42 Å². The number of anilines is 3. The lowest BCUT2D eigenvalue weighted by atomic mass is 9.98. The van der Waals surface area contributed by atoms with E-state index < -0.39 is 0 Å². The Hall–Kier alpha value is -8.14. The third kappa shape index (κ3) is 5.90. The van der Waals surface area contributed by atoms with Gasteiger partial charge in [-0.15, -0.1) is 0 Å². The summed E-state index contributed by atoms with van der Waals surface area (Å²) in [6.07, 6.45) is 0. The number of fused-ring (bicyclic) bond motifs is 8. The van der Waals surface area contributed by atoms with Gasteiger partial charge in [-0.1, -0.05) is 158 Å². The number of hydrogen-bond donors (Lipinski definition) is 0. The standard InChI is InChI=1S/C58H38N2O/c1-2-13-39(14-3-1)40-25-31-45(32-26-40)59(53-22-9-6-18-48(53)44-29-35-52-57(38-44)61-56-36-30-42-15-4-5-19-49(42)58(52)56)46-33-27-41(28-34-46)43-16-12-17-47(37-43)60-54-23-10-7-20-50(54)51-21-8-11-24-55(51)60/h1-38H. The van der Waals surface area contributed by atoms with Crippen LogP contribution in [0.5, 0.6) is 0 Å². The maximum atomic E-state index is 6.56. The molecular formula is C58H38N2O. The first-order valence-electron chi connectivity index (χ1n) is 20.8. The topological polar surface area (TPSA) is 21.3 Å². The Balaban J connectivity index is 0.967. The quantitative estimate of drug-likeness (QED) is 0.161. The molecule has 0 radical (unpaired) electrons. The van der Waals surface area contributed by atoms with Crippen molar-refractivity contribution in [2.45, 2.75) is 0 Å². The molecule has 0 atom stereocenters. The third-order valence-electron chi connectivity index (χ3n) is 12.2. The van der Waals surface area contributed by atoms with Gasteiger partial charge in [-0.2, -0.15) is 0 Å². The molecule has 3 nitrogen and oxygen atoms in total. The van der Waals surface area contributed by atoms with E-state index in [4.69, 9.17) is 4.42 Å². The largest absolute Gasteiger partial charge is 0.456 e. The molecule has 0 amide bonds. The second kappa shape index (κ2) is 14.3. The molecule has 12 rings (SSSR count). The normalized spacial score (nSPS) is 11.6. The minimum absolute atomic E-state index is 0.880. The van der Waals surface area contributed by atoms with Crippen LogP contribution in [-0.2, 0) is 0 Å². The smallest absolute Gasteiger partial charge is 0.136 e. The fourth-order valence-electron chi connectivity index (χ4n) is 9.32. The minimum atomic E-state index is 0.880. The molecule has 0 unspecified atom stereocenters. The van der Waals surface area contributed by atoms with E-state index >= 15 is 0 Å². The van der Waals surface area contributed by atoms with E-state index in [-0.39, 0.29) is 0 Å². The fraction of sp³-hybridized carbons (Fsp3) is 0. The summed E-state index contributed by atoms with van der Waals surface area (Å²) in [7, 11) is 0. The molecular weight excluding hydrogens is 741 g/mol. The predicted molar refractivity (Wildman–Crippen MR) is 257 cm³/mol. The second-order valence-electron chi connectivity index (χ2n) is 15.7. The van der Waals surface area contributed by atoms with E-state index in [1.807, 2.05) is 0 Å². The Bertz CT molecular complexity index is 3520. The SMILES string of the molecule is c1ccc(-c2ccc(N(c3ccc(-c4cccc(-n5c6ccccc6c6ccccc65)c4)cc3)c3ccccc3-c3ccc4c(c3)oc3ccc5ccccc5c34)cc2)cc1. The highest BCUT2D eigenvalue weighted by atomic mass is 16.3. The number of benzene rings is 10. The van der Waals surface area contributed by atoms with Crippen LogP contribution in [0.3, 0.4) is 0 Å². The summed E-state index contributed by atoms with van der Waals surface area (Å²) < 4.78 is 8.94. The van der Waals surface area contributed by atoms with Crippen molar-refractivity contribution in [3.05, 3.63) is 231 Å². The summed E-state index contributed by atoms with van der Waals surface area (Å²) in [4.78, 5) is 2.37. The van der Waals surface area contributed by atoms with Gasteiger partial charge in [-0.3, -0.25) is 0 Å². The lowest BCUT2D eigenvalue weighted by Gasteiger charge is -2.28. The van der Waals surface area contributed by atoms with Gasteiger partial charge < -0.3 is 13.9 Å². The molecule has 286 valence electrons. The van der Waals surface area contributed by atoms with Crippen LogP contribution in [0.4, 0.5) is 17.1 Å². The van der Waals surface area contributed by atoms with Crippen molar-refractivity contribution >= 4 is 71.6 Å². The van der Waals surface area contributed by atoms with Gasteiger partial charge in [0, 0.05) is 44.2 Å². The average molecular weight is 779 g/mol. The van der Waals surface area contributed by atoms with Crippen molar-refractivity contribution in [2.75, 3.05) is 4.90 Å². The number of nitrogens with zero attached hydrogens (tertiary/aromatic N) is 2. The Morgan fingerprint density at radius 1 is 0.344 bits per heavy atom. The molecule has 0 aliphatic carbocycles. The van der Waals surface area contributed by atoms with Crippen LogP contribution >= 0.6 is 0 Å². The monoisotopic (exact) mass is 778 g/mol. The van der Waals surface area contributed by atoms with Crippen LogP contribution in [0.2, 0.25) is 0 Å². The van der Waals surface area contributed by atoms with Gasteiger partial charge in [0.1, 0.15) is 11.2 Å². The van der Waals surface area contributed by atoms with Crippen LogP contribution in [0.15, 0.2) is 235 Å². The lowest BCUT2D eigenvalue weighted by Crippen LogP contribution is -2.11. The molecule has 2 aromatic heterocycles. The molecule has 0 saturated heterocycles. The van der Waals surface area contributed by atoms with E-state index in [9.17, 15) is 0 Å². The Morgan fingerprint density at radius 2 is 0.918 bits per heavy atom. The van der Waals surface area contributed by atoms with Gasteiger partial charge in [0.2, 0.25) is 0 Å². The first kappa shape index (κ1) is 34.9. The maximum Gasteiger partial charge on any atom is 0.136 e. The third-order valence-corrected chi connectivity index (χ3v) is 12.2. The molecule has 3 heteroatoms. The van der Waals surface area contributed by atoms with Gasteiger partial charge in [0.25, 0.3) is 0 Å². The lowest BCUT2D eigenvalue weighted by molar-refractivity contribution is 0.669. The summed E-state index contributed by atoms with van der Waals surface area (Å²) in [5.41, 5.74) is 15.5. The van der Waals surface area contributed by atoms with Crippen molar-refractivity contribution in [3.63, 3.8) is 0 Å². The van der Waals surface area contributed by atoms with Gasteiger partial charge in [0.05, 0.1) is 16.7 Å². The van der Waals surface area contributed by atoms with Crippen molar-refractivity contribution in [1.82, 2.24) is 4.57 Å². The number of aromatic nitrogens is 1. The molecule has 0 fully saturated rings. The molecule has 12 aromatic rings. The van der Waals surface area contributed by atoms with E-state index in [1.165, 1.54) is 43.7 Å². The van der Waals surface area contributed by atoms with Gasteiger partial charge >= 0.3 is 0 Å². The number of hydrogen-bond acceptors (Lipinski definition) is 2. The van der Waals surface area contributed by atoms with Gasteiger partial charge in [-0.25, -0.2) is 0 Å². The first-order valence-corrected chi connectivity index (χ1v) is 20.8. The fourth-order valence-corrected chi connectivity index (χ4v) is 9.32. The van der Waals surface area contributed by atoms with Gasteiger partial charge in [-0.05, 0) is 111 Å². The van der Waals surface area contributed by atoms with Crippen molar-refractivity contribution in [2.24, 2.45) is 0 Å². The molecule has 10 aromatic carbocycles. The van der Waals surface area contributed by atoms with Crippen molar-refractivity contribution in [3.8, 4) is 39.1 Å². The van der Waals surface area contributed by atoms with Crippen LogP contribution in [-0.4, -0.2) is 4.57 Å². The average Bonchev–Trinajstić information content (AvgIpc) is 3.88. The zero-order valence-corrected chi connectivity index (χ0v) is 33.2. The molecule has 2 heterocycles. The number of furan rings is 1. The van der Waals surface area contributed by atoms with Crippen molar-refractivity contribution in [1.29, 1.82) is 0 Å². The maximum absolute atomic E-state index is 6.56. The number of rotatable bonds is 7. The first-order chi connectivity index (χ1) is 30.2. The zero-order valence-electron chi connectivity index (χ0n) is 33.2. The van der Waals surface area contributed by atoms with E-state index in [0.717, 1.165) is 66.9 Å². The summed E-state index contributed by atoms with van der Waals surface area (Å²) in [6, 6.07) is 82.8. The molecule has 0 N–H and O–H groups in total. The van der Waals surface area contributed by atoms with Crippen LogP contribution < -0.4 is 4.90 Å². The van der Waals surface area contributed by atoms with Crippen LogP contribution in [0, 0.1) is 0 Å². The minimum Gasteiger partial charge on any atom is -0.456 e. The number of para-hydroxylation sites is 3. The zero-order chi connectivity index (χ0) is 40.3. The van der Waals surface area contributed by atoms with Gasteiger partial charge in [0.15, 0.2) is 0 Å². The molecule has 0 aliphatic rings. The predicted octanol–water partition coefficient (Wildman–Crippen LogP) is 16.3. The molecule has 0 aliphatic heterocycles. The highest BCUT2D eigenvalue weighted by molar-refractivity contribution is 6.19. The Morgan fingerprint density at radius 3 is 1.66 bits per heavy atom. The highest BCUT2D eigenvalue weighted by Gasteiger charge is 2.20. The highest BCUT2D eigenvalue weighted by Crippen LogP contribution is 2.44. The second-order valence-corrected chi connectivity index (χ2v) is 15.7. The summed E-state index contributed by atoms with van der Waals surface area (Å²) in [5.74, 6) is 0. The van der Waals surface area contributed by atoms with E-state index in [0.29, 0.717) is 0 Å². The summed E-state index contributed by atoms with van der Waals surface area (Å²) in [5, 5.41) is 7.22. The van der Waals surface area contributed by atoms with Crippen LogP contribution in [0.1, 0.15) is 0 Å². The van der Waals surface area contributed by atoms with E-state index in [1.54, 1.807) is 0 Å². The molecule has 0 spiro atoms. The molecule has 0 saturated carbocycles. The Kier molecular flexibility index (Phi) is 8.17. The molecule has 61 heavy (non-hydrogen) atoms. The van der Waals surface area contributed by atoms with Crippen LogP contribution in [0.25, 0.3) is 93.6 Å². The van der Waals surface area contributed by atoms with E-state index in [2.05, 4.69) is 240 Å².